The van der Waals surface area contributed by atoms with Crippen molar-refractivity contribution in [1.29, 1.82) is 0 Å². The second-order valence-electron chi connectivity index (χ2n) is 5.46. The van der Waals surface area contributed by atoms with Crippen LogP contribution in [-0.4, -0.2) is 60.5 Å². The predicted octanol–water partition coefficient (Wildman–Crippen LogP) is 2.60. The van der Waals surface area contributed by atoms with Gasteiger partial charge in [-0.15, -0.1) is 11.3 Å². The third-order valence-electron chi connectivity index (χ3n) is 4.17. The van der Waals surface area contributed by atoms with Gasteiger partial charge in [-0.05, 0) is 18.7 Å². The lowest BCUT2D eigenvalue weighted by Gasteiger charge is -2.33. The molecule has 5 nitrogen and oxygen atoms in total. The molecule has 1 aliphatic rings. The lowest BCUT2D eigenvalue weighted by atomic mass is 10.2. The van der Waals surface area contributed by atoms with Crippen molar-refractivity contribution in [1.82, 2.24) is 14.8 Å². The Morgan fingerprint density at radius 2 is 2.00 bits per heavy atom. The molecule has 6 heteroatoms. The Morgan fingerprint density at radius 1 is 1.26 bits per heavy atom. The van der Waals surface area contributed by atoms with Crippen LogP contribution in [0.3, 0.4) is 0 Å². The summed E-state index contributed by atoms with van der Waals surface area (Å²) in [4.78, 5) is 21.4. The molecule has 0 unspecified atom stereocenters. The SMILES string of the molecule is CCN1CCN(C(=O)c2csc(-c3ccccc3OC)n2)CC1. The fraction of sp³-hybridized carbons (Fsp3) is 0.412. The van der Waals surface area contributed by atoms with E-state index >= 15 is 0 Å². The number of rotatable bonds is 4. The number of hydrogen-bond acceptors (Lipinski definition) is 5. The van der Waals surface area contributed by atoms with E-state index < -0.39 is 0 Å². The summed E-state index contributed by atoms with van der Waals surface area (Å²) in [5.74, 6) is 0.801. The summed E-state index contributed by atoms with van der Waals surface area (Å²) in [6.07, 6.45) is 0. The topological polar surface area (TPSA) is 45.7 Å². The maximum atomic E-state index is 12.6. The van der Waals surface area contributed by atoms with Crippen molar-refractivity contribution < 1.29 is 9.53 Å². The van der Waals surface area contributed by atoms with Gasteiger partial charge < -0.3 is 14.5 Å². The van der Waals surface area contributed by atoms with Crippen LogP contribution in [0.15, 0.2) is 29.6 Å². The van der Waals surface area contributed by atoms with Crippen LogP contribution < -0.4 is 4.74 Å². The number of piperazine rings is 1. The van der Waals surface area contributed by atoms with Gasteiger partial charge in [0.15, 0.2) is 0 Å². The van der Waals surface area contributed by atoms with Gasteiger partial charge in [0.2, 0.25) is 0 Å². The number of likely N-dealkylation sites (N-methyl/N-ethyl adjacent to an activating group) is 1. The van der Waals surface area contributed by atoms with E-state index in [9.17, 15) is 4.79 Å². The van der Waals surface area contributed by atoms with Crippen LogP contribution in [0.2, 0.25) is 0 Å². The van der Waals surface area contributed by atoms with Gasteiger partial charge in [0.05, 0.1) is 12.7 Å². The number of carbonyl (C=O) groups excluding carboxylic acids is 1. The van der Waals surface area contributed by atoms with Gasteiger partial charge >= 0.3 is 0 Å². The smallest absolute Gasteiger partial charge is 0.273 e. The highest BCUT2D eigenvalue weighted by Crippen LogP contribution is 2.32. The quantitative estimate of drug-likeness (QED) is 0.864. The van der Waals surface area contributed by atoms with E-state index in [1.807, 2.05) is 34.5 Å². The summed E-state index contributed by atoms with van der Waals surface area (Å²) >= 11 is 1.48. The molecule has 3 rings (SSSR count). The van der Waals surface area contributed by atoms with Crippen molar-refractivity contribution in [3.05, 3.63) is 35.3 Å². The van der Waals surface area contributed by atoms with Gasteiger partial charge in [0.25, 0.3) is 5.91 Å². The molecule has 0 bridgehead atoms. The number of methoxy groups -OCH3 is 1. The highest BCUT2D eigenvalue weighted by molar-refractivity contribution is 7.13. The molecule has 1 aliphatic heterocycles. The Kier molecular flexibility index (Phi) is 4.93. The lowest BCUT2D eigenvalue weighted by molar-refractivity contribution is 0.0638. The predicted molar refractivity (Wildman–Crippen MR) is 92.1 cm³/mol. The Balaban J connectivity index is 1.75. The van der Waals surface area contributed by atoms with E-state index in [1.165, 1.54) is 11.3 Å². The van der Waals surface area contributed by atoms with Crippen LogP contribution in [0.25, 0.3) is 10.6 Å². The first-order valence-electron chi connectivity index (χ1n) is 7.83. The van der Waals surface area contributed by atoms with Crippen LogP contribution in [0.1, 0.15) is 17.4 Å². The van der Waals surface area contributed by atoms with Gasteiger partial charge in [0.1, 0.15) is 16.5 Å². The van der Waals surface area contributed by atoms with E-state index in [1.54, 1.807) is 7.11 Å². The van der Waals surface area contributed by atoms with Gasteiger partial charge in [-0.25, -0.2) is 4.98 Å². The van der Waals surface area contributed by atoms with Gasteiger partial charge in [-0.2, -0.15) is 0 Å². The molecule has 2 aromatic rings. The van der Waals surface area contributed by atoms with Crippen molar-refractivity contribution in [2.24, 2.45) is 0 Å². The number of benzene rings is 1. The minimum Gasteiger partial charge on any atom is -0.496 e. The number of thiazole rings is 1. The molecule has 0 atom stereocenters. The van der Waals surface area contributed by atoms with Crippen LogP contribution in [0, 0.1) is 0 Å². The van der Waals surface area contributed by atoms with E-state index in [4.69, 9.17) is 4.74 Å². The number of nitrogens with zero attached hydrogens (tertiary/aromatic N) is 3. The van der Waals surface area contributed by atoms with Crippen LogP contribution in [-0.2, 0) is 0 Å². The average Bonchev–Trinajstić information content (AvgIpc) is 3.11. The molecule has 122 valence electrons. The summed E-state index contributed by atoms with van der Waals surface area (Å²) < 4.78 is 5.38. The number of aromatic nitrogens is 1. The first-order valence-corrected chi connectivity index (χ1v) is 8.71. The highest BCUT2D eigenvalue weighted by Gasteiger charge is 2.23. The van der Waals surface area contributed by atoms with Crippen molar-refractivity contribution >= 4 is 17.2 Å². The number of carbonyl (C=O) groups is 1. The molecule has 0 radical (unpaired) electrons. The van der Waals surface area contributed by atoms with Crippen LogP contribution >= 0.6 is 11.3 Å². The molecule has 0 aliphatic carbocycles. The zero-order valence-electron chi connectivity index (χ0n) is 13.5. The number of ether oxygens (including phenoxy) is 1. The zero-order chi connectivity index (χ0) is 16.2. The minimum absolute atomic E-state index is 0.0261. The average molecular weight is 331 g/mol. The largest absolute Gasteiger partial charge is 0.496 e. The number of amides is 1. The molecule has 1 aromatic heterocycles. The summed E-state index contributed by atoms with van der Waals surface area (Å²) in [6.45, 7) is 6.61. The van der Waals surface area contributed by atoms with Crippen LogP contribution in [0.4, 0.5) is 0 Å². The molecule has 1 aromatic carbocycles. The van der Waals surface area contributed by atoms with Crippen molar-refractivity contribution in [3.63, 3.8) is 0 Å². The third kappa shape index (κ3) is 3.38. The van der Waals surface area contributed by atoms with E-state index in [-0.39, 0.29) is 5.91 Å². The van der Waals surface area contributed by atoms with Crippen molar-refractivity contribution in [3.8, 4) is 16.3 Å². The molecule has 0 saturated carbocycles. The second kappa shape index (κ2) is 7.10. The second-order valence-corrected chi connectivity index (χ2v) is 6.32. The van der Waals surface area contributed by atoms with Gasteiger partial charge in [-0.3, -0.25) is 4.79 Å². The number of hydrogen-bond donors (Lipinski definition) is 0. The Bertz CT molecular complexity index is 678. The molecule has 1 fully saturated rings. The van der Waals surface area contributed by atoms with Crippen LogP contribution in [0.5, 0.6) is 5.75 Å². The normalized spacial score (nSPS) is 15.7. The van der Waals surface area contributed by atoms with E-state index in [2.05, 4.69) is 16.8 Å². The molecule has 0 spiro atoms. The van der Waals surface area contributed by atoms with E-state index in [0.29, 0.717) is 5.69 Å². The maximum Gasteiger partial charge on any atom is 0.273 e. The summed E-state index contributed by atoms with van der Waals surface area (Å²) in [6, 6.07) is 7.74. The Hall–Kier alpha value is -1.92. The molecule has 1 amide bonds. The first kappa shape index (κ1) is 16.0. The Labute approximate surface area is 140 Å². The molecule has 2 heterocycles. The standard InChI is InChI=1S/C17H21N3O2S/c1-3-19-8-10-20(11-9-19)17(21)14-12-23-16(18-14)13-6-4-5-7-15(13)22-2/h4-7,12H,3,8-11H2,1-2H3. The van der Waals surface area contributed by atoms with Gasteiger partial charge in [-0.1, -0.05) is 19.1 Å². The molecule has 23 heavy (non-hydrogen) atoms. The first-order chi connectivity index (χ1) is 11.2. The number of para-hydroxylation sites is 1. The van der Waals surface area contributed by atoms with Gasteiger partial charge in [0, 0.05) is 31.6 Å². The maximum absolute atomic E-state index is 12.6. The summed E-state index contributed by atoms with van der Waals surface area (Å²) in [5, 5.41) is 2.66. The fourth-order valence-electron chi connectivity index (χ4n) is 2.75. The van der Waals surface area contributed by atoms with E-state index in [0.717, 1.165) is 49.0 Å². The molecular formula is C17H21N3O2S. The highest BCUT2D eigenvalue weighted by atomic mass is 32.1. The Morgan fingerprint density at radius 3 is 2.70 bits per heavy atom. The van der Waals surface area contributed by atoms with Crippen molar-refractivity contribution in [2.75, 3.05) is 39.8 Å². The third-order valence-corrected chi connectivity index (χ3v) is 5.04. The molecular weight excluding hydrogens is 310 g/mol. The fourth-order valence-corrected chi connectivity index (χ4v) is 3.57. The monoisotopic (exact) mass is 331 g/mol. The minimum atomic E-state index is 0.0261. The zero-order valence-corrected chi connectivity index (χ0v) is 14.3. The van der Waals surface area contributed by atoms with Crippen molar-refractivity contribution in [2.45, 2.75) is 6.92 Å². The lowest BCUT2D eigenvalue weighted by Crippen LogP contribution is -2.48. The molecule has 0 N–H and O–H groups in total. The summed E-state index contributed by atoms with van der Waals surface area (Å²) in [5.41, 5.74) is 1.45. The molecule has 1 saturated heterocycles. The summed E-state index contributed by atoms with van der Waals surface area (Å²) in [7, 11) is 1.64.